The molecule has 3 fully saturated rings. The molecule has 0 radical (unpaired) electrons. The van der Waals surface area contributed by atoms with Crippen molar-refractivity contribution >= 4 is 36.2 Å². The summed E-state index contributed by atoms with van der Waals surface area (Å²) in [4.78, 5) is 0. The van der Waals surface area contributed by atoms with Gasteiger partial charge < -0.3 is 14.9 Å². The Morgan fingerprint density at radius 3 is 2.16 bits per heavy atom. The molecule has 0 N–H and O–H groups in total. The van der Waals surface area contributed by atoms with Crippen molar-refractivity contribution in [1.82, 2.24) is 0 Å². The average Bonchev–Trinajstić information content (AvgIpc) is 3.76. The number of allylic oxidation sites excluding steroid dienone is 8. The van der Waals surface area contributed by atoms with E-state index in [1.807, 2.05) is 0 Å². The van der Waals surface area contributed by atoms with E-state index in [0.717, 1.165) is 28.8 Å². The molecule has 276 valence electrons. The summed E-state index contributed by atoms with van der Waals surface area (Å²) in [5, 5.41) is 0. The van der Waals surface area contributed by atoms with Gasteiger partial charge in [-0.2, -0.15) is 0 Å². The van der Waals surface area contributed by atoms with Crippen molar-refractivity contribution < 1.29 is 20.8 Å². The fourth-order valence-corrected chi connectivity index (χ4v) is 18.1. The number of aryl methyl sites for hydroxylation is 2. The molecule has 51 heavy (non-hydrogen) atoms. The molecule has 2 aromatic carbocycles. The SMILES string of the molecule is Cc1ccc(C)c(C2=C3CCCC3=CC3C2CC(C)C3[Si](C)(C)C2C3C=CC=C(c4ccc(C(C)(C)C)cc4)C3CC2C(C)C)c1.[CH3-].[CH3-].[Cl][Zr+2][Cl]. The molecular formula is C47H66Cl2SiZr. The molecule has 2 aromatic rings. The molecule has 0 aromatic heterocycles. The number of fused-ring (bicyclic) bond motifs is 3. The first kappa shape index (κ1) is 42.8. The van der Waals surface area contributed by atoms with Crippen molar-refractivity contribution in [3.05, 3.63) is 121 Å². The summed E-state index contributed by atoms with van der Waals surface area (Å²) in [6.07, 6.45) is 17.1. The van der Waals surface area contributed by atoms with Crippen LogP contribution in [0.5, 0.6) is 0 Å². The molecule has 0 heterocycles. The van der Waals surface area contributed by atoms with Gasteiger partial charge in [-0.05, 0) is 148 Å². The topological polar surface area (TPSA) is 0 Å². The summed E-state index contributed by atoms with van der Waals surface area (Å²) in [6, 6.07) is 16.9. The Kier molecular flexibility index (Phi) is 14.1. The Bertz CT molecular complexity index is 1650. The number of rotatable bonds is 5. The summed E-state index contributed by atoms with van der Waals surface area (Å²) >= 11 is -0.826. The fraction of sp³-hybridized carbons (Fsp3) is 0.532. The van der Waals surface area contributed by atoms with E-state index in [-0.39, 0.29) is 20.3 Å². The van der Waals surface area contributed by atoms with E-state index < -0.39 is 28.9 Å². The van der Waals surface area contributed by atoms with Gasteiger partial charge in [-0.3, -0.25) is 0 Å². The van der Waals surface area contributed by atoms with Gasteiger partial charge >= 0.3 is 37.9 Å². The van der Waals surface area contributed by atoms with Crippen molar-refractivity contribution in [3.8, 4) is 0 Å². The van der Waals surface area contributed by atoms with Crippen LogP contribution in [0.1, 0.15) is 101 Å². The molecule has 4 heteroatoms. The van der Waals surface area contributed by atoms with E-state index in [4.69, 9.17) is 17.0 Å². The second-order valence-electron chi connectivity index (χ2n) is 18.3. The molecule has 0 aliphatic heterocycles. The molecule has 7 rings (SSSR count). The Labute approximate surface area is 333 Å². The first-order chi connectivity index (χ1) is 23.2. The van der Waals surface area contributed by atoms with Gasteiger partial charge in [0.25, 0.3) is 0 Å². The third-order valence-corrected chi connectivity index (χ3v) is 18.9. The Morgan fingerprint density at radius 2 is 1.53 bits per heavy atom. The van der Waals surface area contributed by atoms with E-state index >= 15 is 0 Å². The van der Waals surface area contributed by atoms with Crippen molar-refractivity contribution in [1.29, 1.82) is 0 Å². The van der Waals surface area contributed by atoms with E-state index in [9.17, 15) is 0 Å². The maximum absolute atomic E-state index is 4.93. The van der Waals surface area contributed by atoms with Gasteiger partial charge in [0.1, 0.15) is 0 Å². The van der Waals surface area contributed by atoms with Crippen LogP contribution >= 0.6 is 17.0 Å². The monoisotopic (exact) mass is 818 g/mol. The third kappa shape index (κ3) is 8.07. The summed E-state index contributed by atoms with van der Waals surface area (Å²) in [5.41, 5.74) is 16.1. The molecule has 8 atom stereocenters. The summed E-state index contributed by atoms with van der Waals surface area (Å²) in [6.45, 7) is 25.1. The Balaban J connectivity index is 0.00000113. The molecule has 3 saturated carbocycles. The van der Waals surface area contributed by atoms with Crippen LogP contribution in [0.2, 0.25) is 24.2 Å². The van der Waals surface area contributed by atoms with E-state index in [1.165, 1.54) is 54.4 Å². The zero-order valence-electron chi connectivity index (χ0n) is 33.8. The second kappa shape index (κ2) is 16.8. The van der Waals surface area contributed by atoms with Crippen molar-refractivity contribution in [2.24, 2.45) is 41.4 Å². The molecule has 5 aliphatic carbocycles. The quantitative estimate of drug-likeness (QED) is 0.208. The molecule has 0 saturated heterocycles. The maximum atomic E-state index is 4.93. The van der Waals surface area contributed by atoms with Crippen LogP contribution < -0.4 is 0 Å². The first-order valence-electron chi connectivity index (χ1n) is 19.2. The molecule has 0 amide bonds. The van der Waals surface area contributed by atoms with Crippen LogP contribution in [0.3, 0.4) is 0 Å². The van der Waals surface area contributed by atoms with Crippen LogP contribution in [0.25, 0.3) is 11.1 Å². The van der Waals surface area contributed by atoms with Gasteiger partial charge in [-0.15, -0.1) is 0 Å². The molecule has 5 aliphatic rings. The van der Waals surface area contributed by atoms with Crippen LogP contribution in [0.15, 0.2) is 77.9 Å². The molecular weight excluding hydrogens is 755 g/mol. The summed E-state index contributed by atoms with van der Waals surface area (Å²) in [7, 11) is 8.12. The van der Waals surface area contributed by atoms with E-state index in [1.54, 1.807) is 27.9 Å². The Morgan fingerprint density at radius 1 is 0.863 bits per heavy atom. The van der Waals surface area contributed by atoms with Crippen molar-refractivity contribution in [2.75, 3.05) is 0 Å². The number of hydrogen-bond donors (Lipinski definition) is 0. The summed E-state index contributed by atoms with van der Waals surface area (Å²) in [5.74, 6) is 5.04. The van der Waals surface area contributed by atoms with Gasteiger partial charge in [0.05, 0.1) is 8.07 Å². The molecule has 0 nitrogen and oxygen atoms in total. The van der Waals surface area contributed by atoms with Crippen LogP contribution in [0.4, 0.5) is 0 Å². The third-order valence-electron chi connectivity index (χ3n) is 13.7. The molecule has 8 unspecified atom stereocenters. The fourth-order valence-electron chi connectivity index (χ4n) is 11.8. The summed E-state index contributed by atoms with van der Waals surface area (Å²) < 4.78 is 0. The van der Waals surface area contributed by atoms with Gasteiger partial charge in [0.2, 0.25) is 0 Å². The molecule has 0 bridgehead atoms. The van der Waals surface area contributed by atoms with Crippen LogP contribution in [-0.2, 0) is 26.3 Å². The normalized spacial score (nSPS) is 29.4. The van der Waals surface area contributed by atoms with Gasteiger partial charge in [-0.25, -0.2) is 0 Å². The number of hydrogen-bond acceptors (Lipinski definition) is 0. The van der Waals surface area contributed by atoms with Crippen LogP contribution in [-0.4, -0.2) is 8.07 Å². The standard InChI is InChI=1S/C45H60Si.2CH3.2ClH.Zr/c1-27(2)37-26-39-34(31-19-21-33(22-20-31)45(6,7)8)14-12-16-36(39)44(37)46(9,10)43-30(5)24-40-41(43)25-32-13-11-15-35(32)42(40)38-23-28(3)17-18-29(38)4;;;;;/h12,14,16-23,25,27,30,36-37,39-41,43-44H,11,13,15,24,26H2,1-10H3;2*1H3;2*1H;/q;2*-1;;;+4/p-2. The predicted molar refractivity (Wildman–Crippen MR) is 227 cm³/mol. The average molecular weight is 821 g/mol. The Hall–Kier alpha value is -0.920. The van der Waals surface area contributed by atoms with Crippen molar-refractivity contribution in [2.45, 2.75) is 117 Å². The minimum absolute atomic E-state index is 0. The second-order valence-corrected chi connectivity index (χ2v) is 27.0. The van der Waals surface area contributed by atoms with E-state index in [2.05, 4.69) is 135 Å². The zero-order valence-corrected chi connectivity index (χ0v) is 38.8. The number of benzene rings is 2. The molecule has 0 spiro atoms. The first-order valence-corrected chi connectivity index (χ1v) is 28.6. The van der Waals surface area contributed by atoms with Crippen molar-refractivity contribution in [3.63, 3.8) is 0 Å². The van der Waals surface area contributed by atoms with Crippen LogP contribution in [0, 0.1) is 70.1 Å². The minimum atomic E-state index is -1.75. The van der Waals surface area contributed by atoms with E-state index in [0.29, 0.717) is 23.7 Å². The number of halogens is 2. The van der Waals surface area contributed by atoms with Gasteiger partial charge in [-0.1, -0.05) is 127 Å². The van der Waals surface area contributed by atoms with Gasteiger partial charge in [0, 0.05) is 0 Å². The predicted octanol–water partition coefficient (Wildman–Crippen LogP) is 15.0. The van der Waals surface area contributed by atoms with Gasteiger partial charge in [0.15, 0.2) is 0 Å². The zero-order chi connectivity index (χ0) is 35.4.